The maximum atomic E-state index is 10.2. The van der Waals surface area contributed by atoms with Crippen LogP contribution in [0.5, 0.6) is 0 Å². The van der Waals surface area contributed by atoms with Crippen molar-refractivity contribution in [2.45, 2.75) is 13.0 Å². The molecule has 74 valence electrons. The highest BCUT2D eigenvalue weighted by Gasteiger charge is 2.02. The molecular formula is C11H12O3. The Kier molecular flexibility index (Phi) is 3.42. The first kappa shape index (κ1) is 10.5. The second-order valence-corrected chi connectivity index (χ2v) is 3.05. The van der Waals surface area contributed by atoms with Crippen molar-refractivity contribution in [3.63, 3.8) is 0 Å². The summed E-state index contributed by atoms with van der Waals surface area (Å²) in [5.74, 6) is -1.06. The van der Waals surface area contributed by atoms with Gasteiger partial charge in [0.15, 0.2) is 0 Å². The number of benzene rings is 1. The molecular weight excluding hydrogens is 180 g/mol. The molecule has 0 spiro atoms. The lowest BCUT2D eigenvalue weighted by Crippen LogP contribution is -1.95. The summed E-state index contributed by atoms with van der Waals surface area (Å²) in [6.45, 7) is 1.95. The summed E-state index contributed by atoms with van der Waals surface area (Å²) in [4.78, 5) is 10.2. The molecule has 0 aromatic heterocycles. The highest BCUT2D eigenvalue weighted by Crippen LogP contribution is 2.14. The third-order valence-electron chi connectivity index (χ3n) is 1.84. The second kappa shape index (κ2) is 4.58. The molecule has 2 N–H and O–H groups in total. The van der Waals surface area contributed by atoms with E-state index in [2.05, 4.69) is 0 Å². The van der Waals surface area contributed by atoms with E-state index >= 15 is 0 Å². The van der Waals surface area contributed by atoms with Gasteiger partial charge in [0.2, 0.25) is 0 Å². The predicted molar refractivity (Wildman–Crippen MR) is 52.9 cm³/mol. The van der Waals surface area contributed by atoms with Gasteiger partial charge in [0.25, 0.3) is 0 Å². The van der Waals surface area contributed by atoms with Gasteiger partial charge in [-0.1, -0.05) is 29.8 Å². The average molecular weight is 192 g/mol. The van der Waals surface area contributed by atoms with Crippen molar-refractivity contribution in [1.82, 2.24) is 0 Å². The number of hydrogen-bond acceptors (Lipinski definition) is 2. The molecule has 0 radical (unpaired) electrons. The minimum absolute atomic E-state index is 0.688. The van der Waals surface area contributed by atoms with E-state index in [9.17, 15) is 9.90 Å². The molecule has 1 rings (SSSR count). The molecule has 1 unspecified atom stereocenters. The fourth-order valence-electron chi connectivity index (χ4n) is 1.05. The van der Waals surface area contributed by atoms with E-state index in [4.69, 9.17) is 5.11 Å². The lowest BCUT2D eigenvalue weighted by molar-refractivity contribution is -0.131. The largest absolute Gasteiger partial charge is 0.478 e. The van der Waals surface area contributed by atoms with Gasteiger partial charge in [0, 0.05) is 6.08 Å². The molecule has 0 aliphatic rings. The van der Waals surface area contributed by atoms with Gasteiger partial charge in [-0.3, -0.25) is 0 Å². The first-order chi connectivity index (χ1) is 6.59. The van der Waals surface area contributed by atoms with Crippen molar-refractivity contribution in [2.75, 3.05) is 0 Å². The number of carbonyl (C=O) groups is 1. The Bertz CT molecular complexity index is 338. The average Bonchev–Trinajstić information content (AvgIpc) is 2.15. The highest BCUT2D eigenvalue weighted by atomic mass is 16.4. The van der Waals surface area contributed by atoms with Gasteiger partial charge >= 0.3 is 5.97 Å². The standard InChI is InChI=1S/C11H12O3/c1-8-2-4-9(5-3-8)10(12)6-7-11(13)14/h2-7,10,12H,1H3,(H,13,14)/b7-6+. The van der Waals surface area contributed by atoms with Crippen LogP contribution in [0.1, 0.15) is 17.2 Å². The number of hydrogen-bond donors (Lipinski definition) is 2. The van der Waals surface area contributed by atoms with Crippen LogP contribution in [-0.4, -0.2) is 16.2 Å². The third-order valence-corrected chi connectivity index (χ3v) is 1.84. The molecule has 0 saturated heterocycles. The van der Waals surface area contributed by atoms with E-state index in [-0.39, 0.29) is 0 Å². The second-order valence-electron chi connectivity index (χ2n) is 3.05. The summed E-state index contributed by atoms with van der Waals surface area (Å²) in [5.41, 5.74) is 1.79. The molecule has 1 aromatic carbocycles. The van der Waals surface area contributed by atoms with Crippen LogP contribution in [0.25, 0.3) is 0 Å². The minimum Gasteiger partial charge on any atom is -0.478 e. The Morgan fingerprint density at radius 1 is 1.36 bits per heavy atom. The van der Waals surface area contributed by atoms with E-state index in [1.807, 2.05) is 19.1 Å². The zero-order valence-electron chi connectivity index (χ0n) is 7.84. The van der Waals surface area contributed by atoms with E-state index < -0.39 is 12.1 Å². The molecule has 0 aliphatic carbocycles. The topological polar surface area (TPSA) is 57.5 Å². The summed E-state index contributed by atoms with van der Waals surface area (Å²) in [6, 6.07) is 7.28. The van der Waals surface area contributed by atoms with Crippen molar-refractivity contribution in [1.29, 1.82) is 0 Å². The number of carboxylic acid groups (broad SMARTS) is 1. The van der Waals surface area contributed by atoms with Crippen molar-refractivity contribution < 1.29 is 15.0 Å². The number of rotatable bonds is 3. The fourth-order valence-corrected chi connectivity index (χ4v) is 1.05. The van der Waals surface area contributed by atoms with Gasteiger partial charge in [-0.05, 0) is 18.6 Å². The first-order valence-corrected chi connectivity index (χ1v) is 4.25. The molecule has 3 heteroatoms. The number of aliphatic hydroxyl groups is 1. The van der Waals surface area contributed by atoms with E-state index in [0.717, 1.165) is 11.6 Å². The summed E-state index contributed by atoms with van der Waals surface area (Å²) in [6.07, 6.45) is 1.32. The van der Waals surface area contributed by atoms with Crippen LogP contribution >= 0.6 is 0 Å². The number of aliphatic hydroxyl groups excluding tert-OH is 1. The van der Waals surface area contributed by atoms with E-state index in [0.29, 0.717) is 5.56 Å². The molecule has 1 aromatic rings. The fraction of sp³-hybridized carbons (Fsp3) is 0.182. The van der Waals surface area contributed by atoms with Crippen LogP contribution in [0.3, 0.4) is 0 Å². The minimum atomic E-state index is -1.06. The number of aryl methyl sites for hydroxylation is 1. The van der Waals surface area contributed by atoms with Crippen molar-refractivity contribution >= 4 is 5.97 Å². The molecule has 0 aliphatic heterocycles. The Balaban J connectivity index is 2.74. The monoisotopic (exact) mass is 192 g/mol. The maximum absolute atomic E-state index is 10.2. The molecule has 0 heterocycles. The molecule has 14 heavy (non-hydrogen) atoms. The van der Waals surface area contributed by atoms with Gasteiger partial charge in [-0.25, -0.2) is 4.79 Å². The molecule has 3 nitrogen and oxygen atoms in total. The number of aliphatic carboxylic acids is 1. The van der Waals surface area contributed by atoms with Crippen molar-refractivity contribution in [3.05, 3.63) is 47.5 Å². The van der Waals surface area contributed by atoms with Gasteiger partial charge in [-0.15, -0.1) is 0 Å². The normalized spacial score (nSPS) is 13.0. The van der Waals surface area contributed by atoms with Crippen molar-refractivity contribution in [3.8, 4) is 0 Å². The van der Waals surface area contributed by atoms with Gasteiger partial charge in [0.05, 0.1) is 6.10 Å². The summed E-state index contributed by atoms with van der Waals surface area (Å²) >= 11 is 0. The summed E-state index contributed by atoms with van der Waals surface area (Å²) < 4.78 is 0. The highest BCUT2D eigenvalue weighted by molar-refractivity contribution is 5.79. The van der Waals surface area contributed by atoms with Crippen LogP contribution < -0.4 is 0 Å². The SMILES string of the molecule is Cc1ccc(C(O)/C=C/C(=O)O)cc1. The zero-order valence-corrected chi connectivity index (χ0v) is 7.84. The molecule has 0 saturated carbocycles. The first-order valence-electron chi connectivity index (χ1n) is 4.25. The molecule has 0 fully saturated rings. The van der Waals surface area contributed by atoms with Gasteiger partial charge in [-0.2, -0.15) is 0 Å². The lowest BCUT2D eigenvalue weighted by Gasteiger charge is -2.05. The van der Waals surface area contributed by atoms with Gasteiger partial charge in [0.1, 0.15) is 0 Å². The van der Waals surface area contributed by atoms with Crippen LogP contribution in [-0.2, 0) is 4.79 Å². The third kappa shape index (κ3) is 3.03. The molecule has 1 atom stereocenters. The Hall–Kier alpha value is -1.61. The molecule has 0 bridgehead atoms. The van der Waals surface area contributed by atoms with Crippen LogP contribution in [0.4, 0.5) is 0 Å². The van der Waals surface area contributed by atoms with Gasteiger partial charge < -0.3 is 10.2 Å². The quantitative estimate of drug-likeness (QED) is 0.716. The Morgan fingerprint density at radius 2 is 1.93 bits per heavy atom. The van der Waals surface area contributed by atoms with E-state index in [1.54, 1.807) is 12.1 Å². The maximum Gasteiger partial charge on any atom is 0.328 e. The number of carboxylic acids is 1. The lowest BCUT2D eigenvalue weighted by atomic mass is 10.1. The smallest absolute Gasteiger partial charge is 0.328 e. The zero-order chi connectivity index (χ0) is 10.6. The molecule has 0 amide bonds. The Morgan fingerprint density at radius 3 is 2.43 bits per heavy atom. The van der Waals surface area contributed by atoms with Crippen LogP contribution in [0.2, 0.25) is 0 Å². The van der Waals surface area contributed by atoms with Crippen LogP contribution in [0.15, 0.2) is 36.4 Å². The predicted octanol–water partition coefficient (Wildman–Crippen LogP) is 1.67. The summed E-state index contributed by atoms with van der Waals surface area (Å²) in [5, 5.41) is 17.9. The van der Waals surface area contributed by atoms with Crippen LogP contribution in [0, 0.1) is 6.92 Å². The van der Waals surface area contributed by atoms with E-state index in [1.165, 1.54) is 6.08 Å². The summed E-state index contributed by atoms with van der Waals surface area (Å²) in [7, 11) is 0. The van der Waals surface area contributed by atoms with Crippen molar-refractivity contribution in [2.24, 2.45) is 0 Å². The Labute approximate surface area is 82.3 Å².